The molecule has 1 fully saturated rings. The van der Waals surface area contributed by atoms with Crippen LogP contribution in [0.3, 0.4) is 0 Å². The third-order valence-corrected chi connectivity index (χ3v) is 8.40. The lowest BCUT2D eigenvalue weighted by atomic mass is 10.0. The van der Waals surface area contributed by atoms with E-state index in [4.69, 9.17) is 4.74 Å². The van der Waals surface area contributed by atoms with Crippen molar-refractivity contribution < 1.29 is 22.4 Å². The maximum atomic E-state index is 13.8. The number of amides is 1. The standard InChI is InChI=1S/C30H39N4O4S/c1-5-6-9-24-13-16-25(17-14-24)31-39(36,37)32-26-15-12-23(2)27(22-26)30(35)34(3)20-18-33(19-21-34)28-10-7-8-11-29(28)38-4/h7-8,10-17,22,31-32H,5-6,9,18-21H2,1-4H3/q+1. The van der Waals surface area contributed by atoms with E-state index >= 15 is 0 Å². The van der Waals surface area contributed by atoms with Gasteiger partial charge in [0.25, 0.3) is 0 Å². The zero-order valence-corrected chi connectivity index (χ0v) is 24.1. The molecule has 0 bridgehead atoms. The Kier molecular flexibility index (Phi) is 8.82. The van der Waals surface area contributed by atoms with Gasteiger partial charge in [-0.15, -0.1) is 0 Å². The van der Waals surface area contributed by atoms with E-state index in [0.717, 1.165) is 36.3 Å². The van der Waals surface area contributed by atoms with Crippen molar-refractivity contribution in [2.24, 2.45) is 0 Å². The summed E-state index contributed by atoms with van der Waals surface area (Å²) in [6.45, 7) is 6.68. The van der Waals surface area contributed by atoms with Crippen LogP contribution < -0.4 is 19.1 Å². The molecule has 1 saturated heterocycles. The molecule has 39 heavy (non-hydrogen) atoms. The number of nitrogens with one attached hydrogen (secondary N) is 2. The smallest absolute Gasteiger partial charge is 0.346 e. The van der Waals surface area contributed by atoms with Gasteiger partial charge in [0.1, 0.15) is 18.8 Å². The first kappa shape index (κ1) is 28.4. The maximum Gasteiger partial charge on any atom is 0.346 e. The van der Waals surface area contributed by atoms with Crippen molar-refractivity contribution >= 4 is 33.2 Å². The van der Waals surface area contributed by atoms with E-state index < -0.39 is 10.2 Å². The lowest BCUT2D eigenvalue weighted by Crippen LogP contribution is -2.60. The lowest BCUT2D eigenvalue weighted by Gasteiger charge is -2.41. The monoisotopic (exact) mass is 551 g/mol. The molecule has 3 aromatic carbocycles. The van der Waals surface area contributed by atoms with E-state index in [1.165, 1.54) is 5.56 Å². The zero-order chi connectivity index (χ0) is 28.0. The summed E-state index contributed by atoms with van der Waals surface area (Å²) in [5.74, 6) is 0.792. The largest absolute Gasteiger partial charge is 0.495 e. The van der Waals surface area contributed by atoms with Gasteiger partial charge in [-0.05, 0) is 67.3 Å². The van der Waals surface area contributed by atoms with E-state index in [1.54, 1.807) is 37.4 Å². The number of hydrogen-bond acceptors (Lipinski definition) is 5. The second kappa shape index (κ2) is 12.1. The number of rotatable bonds is 10. The normalized spacial score (nSPS) is 15.0. The number of methoxy groups -OCH3 is 1. The number of piperazine rings is 1. The van der Waals surface area contributed by atoms with Crippen molar-refractivity contribution in [2.45, 2.75) is 33.1 Å². The molecule has 1 heterocycles. The molecule has 0 radical (unpaired) electrons. The SMILES string of the molecule is CCCCc1ccc(NS(=O)(=O)Nc2ccc(C)c(C(=O)[N+]3(C)CCN(c4ccccc4OC)CC3)c2)cc1. The highest BCUT2D eigenvalue weighted by atomic mass is 32.2. The third-order valence-electron chi connectivity index (χ3n) is 7.39. The van der Waals surface area contributed by atoms with Crippen molar-refractivity contribution in [3.8, 4) is 5.75 Å². The minimum Gasteiger partial charge on any atom is -0.495 e. The van der Waals surface area contributed by atoms with E-state index in [2.05, 4.69) is 21.3 Å². The molecule has 0 aliphatic carbocycles. The highest BCUT2D eigenvalue weighted by Gasteiger charge is 2.38. The fraction of sp³-hybridized carbons (Fsp3) is 0.367. The molecule has 3 aromatic rings. The first-order valence-corrected chi connectivity index (χ1v) is 14.9. The van der Waals surface area contributed by atoms with Crippen LogP contribution in [0.5, 0.6) is 5.75 Å². The van der Waals surface area contributed by atoms with Crippen LogP contribution in [0.25, 0.3) is 0 Å². The van der Waals surface area contributed by atoms with Crippen LogP contribution in [-0.2, 0) is 16.6 Å². The number of carbonyl (C=O) groups is 1. The van der Waals surface area contributed by atoms with Gasteiger partial charge in [-0.3, -0.25) is 13.9 Å². The summed E-state index contributed by atoms with van der Waals surface area (Å²) in [7, 11) is -0.281. The fourth-order valence-electron chi connectivity index (χ4n) is 4.90. The third kappa shape index (κ3) is 6.91. The Hall–Kier alpha value is -3.56. The van der Waals surface area contributed by atoms with E-state index in [-0.39, 0.29) is 10.4 Å². The number of anilines is 3. The Morgan fingerprint density at radius 1 is 0.974 bits per heavy atom. The highest BCUT2D eigenvalue weighted by Crippen LogP contribution is 2.30. The zero-order valence-electron chi connectivity index (χ0n) is 23.2. The maximum absolute atomic E-state index is 13.8. The summed E-state index contributed by atoms with van der Waals surface area (Å²) in [5.41, 5.74) is 4.35. The molecule has 1 amide bonds. The van der Waals surface area contributed by atoms with Crippen LogP contribution in [-0.4, -0.2) is 59.1 Å². The Bertz CT molecular complexity index is 1400. The second-order valence-corrected chi connectivity index (χ2v) is 11.8. The number of hydrogen-bond donors (Lipinski definition) is 2. The molecule has 4 rings (SSSR count). The Morgan fingerprint density at radius 3 is 2.28 bits per heavy atom. The average molecular weight is 552 g/mol. The Morgan fingerprint density at radius 2 is 1.62 bits per heavy atom. The lowest BCUT2D eigenvalue weighted by molar-refractivity contribution is -0.829. The van der Waals surface area contributed by atoms with Gasteiger partial charge in [-0.2, -0.15) is 8.42 Å². The number of likely N-dealkylation sites (N-methyl/N-ethyl adjacent to an activating group) is 1. The van der Waals surface area contributed by atoms with Gasteiger partial charge in [0.05, 0.1) is 49.9 Å². The summed E-state index contributed by atoms with van der Waals surface area (Å²) in [4.78, 5) is 16.0. The molecule has 0 atom stereocenters. The van der Waals surface area contributed by atoms with Crippen molar-refractivity contribution in [3.63, 3.8) is 0 Å². The number of unbranched alkanes of at least 4 members (excludes halogenated alkanes) is 1. The topological polar surface area (TPSA) is 87.7 Å². The Labute approximate surface area is 232 Å². The van der Waals surface area contributed by atoms with E-state index in [9.17, 15) is 13.2 Å². The quantitative estimate of drug-likeness (QED) is 0.337. The minimum absolute atomic E-state index is 0.0242. The van der Waals surface area contributed by atoms with Crippen LogP contribution in [0, 0.1) is 6.92 Å². The van der Waals surface area contributed by atoms with Crippen LogP contribution >= 0.6 is 0 Å². The van der Waals surface area contributed by atoms with Crippen molar-refractivity contribution in [1.29, 1.82) is 0 Å². The van der Waals surface area contributed by atoms with Crippen molar-refractivity contribution in [3.05, 3.63) is 83.4 Å². The number of quaternary nitrogens is 1. The van der Waals surface area contributed by atoms with Crippen LogP contribution in [0.1, 0.15) is 41.3 Å². The molecule has 1 aliphatic heterocycles. The molecule has 9 heteroatoms. The summed E-state index contributed by atoms with van der Waals surface area (Å²) in [5, 5.41) is 0. The van der Waals surface area contributed by atoms with Crippen molar-refractivity contribution in [2.75, 3.05) is 54.7 Å². The number of benzene rings is 3. The Balaban J connectivity index is 1.44. The second-order valence-electron chi connectivity index (χ2n) is 10.3. The predicted octanol–water partition coefficient (Wildman–Crippen LogP) is 5.22. The minimum atomic E-state index is -3.89. The van der Waals surface area contributed by atoms with E-state index in [1.807, 2.05) is 50.4 Å². The van der Waals surface area contributed by atoms with Crippen LogP contribution in [0.15, 0.2) is 66.7 Å². The molecule has 0 unspecified atom stereocenters. The first-order valence-electron chi connectivity index (χ1n) is 13.4. The number of carbonyl (C=O) groups excluding carboxylic acids is 1. The summed E-state index contributed by atoms with van der Waals surface area (Å²) < 4.78 is 36.6. The van der Waals surface area contributed by atoms with Crippen molar-refractivity contribution in [1.82, 2.24) is 0 Å². The molecule has 0 aromatic heterocycles. The molecule has 1 aliphatic rings. The van der Waals surface area contributed by atoms with Gasteiger partial charge in [0, 0.05) is 0 Å². The van der Waals surface area contributed by atoms with Gasteiger partial charge >= 0.3 is 16.1 Å². The fourth-order valence-corrected chi connectivity index (χ4v) is 5.84. The van der Waals surface area contributed by atoms with Crippen LogP contribution in [0.2, 0.25) is 0 Å². The number of aryl methyl sites for hydroxylation is 2. The molecule has 2 N–H and O–H groups in total. The molecule has 208 valence electrons. The van der Waals surface area contributed by atoms with Gasteiger partial charge in [-0.1, -0.05) is 43.7 Å². The molecule has 8 nitrogen and oxygen atoms in total. The van der Waals surface area contributed by atoms with Gasteiger partial charge in [0.15, 0.2) is 0 Å². The van der Waals surface area contributed by atoms with Gasteiger partial charge in [0.2, 0.25) is 0 Å². The van der Waals surface area contributed by atoms with Crippen LogP contribution in [0.4, 0.5) is 17.1 Å². The van der Waals surface area contributed by atoms with Gasteiger partial charge < -0.3 is 9.64 Å². The predicted molar refractivity (Wildman–Crippen MR) is 158 cm³/mol. The summed E-state index contributed by atoms with van der Waals surface area (Å²) in [6, 6.07) is 20.4. The number of nitrogens with zero attached hydrogens (tertiary/aromatic N) is 2. The van der Waals surface area contributed by atoms with E-state index in [0.29, 0.717) is 43.1 Å². The molecular formula is C30H39N4O4S+. The van der Waals surface area contributed by atoms with Gasteiger partial charge in [-0.25, -0.2) is 4.79 Å². The molecule has 0 saturated carbocycles. The molecule has 0 spiro atoms. The number of para-hydroxylation sites is 2. The average Bonchev–Trinajstić information content (AvgIpc) is 2.93. The molecular weight excluding hydrogens is 512 g/mol. The number of ether oxygens (including phenoxy) is 1. The highest BCUT2D eigenvalue weighted by molar-refractivity contribution is 7.94. The first-order chi connectivity index (χ1) is 18.6. The summed E-state index contributed by atoms with van der Waals surface area (Å²) in [6.07, 6.45) is 3.18. The summed E-state index contributed by atoms with van der Waals surface area (Å²) >= 11 is 0.